The van der Waals surface area contributed by atoms with Gasteiger partial charge in [0.1, 0.15) is 0 Å². The van der Waals surface area contributed by atoms with E-state index in [2.05, 4.69) is 26.0 Å². The summed E-state index contributed by atoms with van der Waals surface area (Å²) in [5.74, 6) is 1.04. The Bertz CT molecular complexity index is 354. The van der Waals surface area contributed by atoms with Gasteiger partial charge in [-0.15, -0.1) is 23.2 Å². The van der Waals surface area contributed by atoms with Crippen LogP contribution in [0.5, 0.6) is 0 Å². The second-order valence-corrected chi connectivity index (χ2v) is 5.93. The summed E-state index contributed by atoms with van der Waals surface area (Å²) in [6.45, 7) is 4.40. The lowest BCUT2D eigenvalue weighted by atomic mass is 9.88. The lowest BCUT2D eigenvalue weighted by molar-refractivity contribution is 0.202. The van der Waals surface area contributed by atoms with Crippen LogP contribution >= 0.6 is 23.2 Å². The Morgan fingerprint density at radius 2 is 1.94 bits per heavy atom. The SMILES string of the molecule is Cc1ccccc1C[C@H](CO)C[C@H](C)[C@@H](Cl)CCl. The monoisotopic (exact) mass is 288 g/mol. The van der Waals surface area contributed by atoms with Crippen LogP contribution in [0.2, 0.25) is 0 Å². The van der Waals surface area contributed by atoms with Gasteiger partial charge in [0.15, 0.2) is 0 Å². The molecule has 102 valence electrons. The highest BCUT2D eigenvalue weighted by molar-refractivity contribution is 6.28. The molecule has 0 aliphatic heterocycles. The van der Waals surface area contributed by atoms with Gasteiger partial charge >= 0.3 is 0 Å². The Morgan fingerprint density at radius 1 is 1.28 bits per heavy atom. The van der Waals surface area contributed by atoms with Crippen molar-refractivity contribution in [2.24, 2.45) is 11.8 Å². The molecule has 1 aromatic rings. The summed E-state index contributed by atoms with van der Waals surface area (Å²) >= 11 is 11.9. The van der Waals surface area contributed by atoms with Gasteiger partial charge in [0.25, 0.3) is 0 Å². The van der Waals surface area contributed by atoms with Crippen molar-refractivity contribution >= 4 is 23.2 Å². The highest BCUT2D eigenvalue weighted by Crippen LogP contribution is 2.24. The van der Waals surface area contributed by atoms with Crippen LogP contribution in [0.4, 0.5) is 0 Å². The van der Waals surface area contributed by atoms with E-state index < -0.39 is 0 Å². The summed E-state index contributed by atoms with van der Waals surface area (Å²) in [5.41, 5.74) is 2.59. The van der Waals surface area contributed by atoms with E-state index in [0.29, 0.717) is 11.8 Å². The fraction of sp³-hybridized carbons (Fsp3) is 0.600. The third-order valence-corrected chi connectivity index (χ3v) is 4.57. The lowest BCUT2D eigenvalue weighted by Gasteiger charge is -2.22. The maximum Gasteiger partial charge on any atom is 0.0497 e. The maximum absolute atomic E-state index is 9.51. The molecule has 0 unspecified atom stereocenters. The van der Waals surface area contributed by atoms with Gasteiger partial charge in [-0.1, -0.05) is 31.2 Å². The number of aliphatic hydroxyl groups excluding tert-OH is 1. The summed E-state index contributed by atoms with van der Waals surface area (Å²) in [4.78, 5) is 0. The molecule has 3 atom stereocenters. The van der Waals surface area contributed by atoms with Crippen LogP contribution in [-0.4, -0.2) is 23.0 Å². The Balaban J connectivity index is 2.60. The van der Waals surface area contributed by atoms with Crippen molar-refractivity contribution in [1.29, 1.82) is 0 Å². The molecule has 18 heavy (non-hydrogen) atoms. The molecule has 0 bridgehead atoms. The van der Waals surface area contributed by atoms with Crippen molar-refractivity contribution in [3.63, 3.8) is 0 Å². The molecule has 0 spiro atoms. The van der Waals surface area contributed by atoms with E-state index in [1.54, 1.807) is 0 Å². The van der Waals surface area contributed by atoms with Crippen molar-refractivity contribution < 1.29 is 5.11 Å². The molecule has 0 aromatic heterocycles. The van der Waals surface area contributed by atoms with Gasteiger partial charge in [-0.05, 0) is 42.7 Å². The van der Waals surface area contributed by atoms with Crippen LogP contribution in [0.3, 0.4) is 0 Å². The van der Waals surface area contributed by atoms with Crippen molar-refractivity contribution in [2.75, 3.05) is 12.5 Å². The van der Waals surface area contributed by atoms with E-state index in [9.17, 15) is 5.11 Å². The van der Waals surface area contributed by atoms with Gasteiger partial charge < -0.3 is 5.11 Å². The quantitative estimate of drug-likeness (QED) is 0.752. The number of rotatable bonds is 7. The van der Waals surface area contributed by atoms with Crippen LogP contribution in [0.15, 0.2) is 24.3 Å². The van der Waals surface area contributed by atoms with E-state index in [0.717, 1.165) is 12.8 Å². The van der Waals surface area contributed by atoms with Gasteiger partial charge in [0, 0.05) is 17.9 Å². The van der Waals surface area contributed by atoms with E-state index in [4.69, 9.17) is 23.2 Å². The Labute approximate surface area is 120 Å². The van der Waals surface area contributed by atoms with Crippen molar-refractivity contribution in [2.45, 2.75) is 32.1 Å². The number of halogens is 2. The van der Waals surface area contributed by atoms with E-state index in [1.807, 2.05) is 12.1 Å². The number of hydrogen-bond donors (Lipinski definition) is 1. The van der Waals surface area contributed by atoms with Crippen LogP contribution in [0.25, 0.3) is 0 Å². The number of aliphatic hydroxyl groups is 1. The van der Waals surface area contributed by atoms with Crippen LogP contribution in [-0.2, 0) is 6.42 Å². The average molecular weight is 289 g/mol. The normalized spacial score (nSPS) is 16.3. The Morgan fingerprint density at radius 3 is 2.50 bits per heavy atom. The van der Waals surface area contributed by atoms with Crippen LogP contribution in [0, 0.1) is 18.8 Å². The molecule has 0 radical (unpaired) electrons. The summed E-state index contributed by atoms with van der Waals surface area (Å²) in [5, 5.41) is 9.49. The first-order chi connectivity index (χ1) is 8.58. The highest BCUT2D eigenvalue weighted by atomic mass is 35.5. The van der Waals surface area contributed by atoms with Crippen molar-refractivity contribution in [3.05, 3.63) is 35.4 Å². The average Bonchev–Trinajstić information content (AvgIpc) is 2.39. The first kappa shape index (κ1) is 15.8. The van der Waals surface area contributed by atoms with Crippen LogP contribution < -0.4 is 0 Å². The molecule has 0 amide bonds. The second-order valence-electron chi connectivity index (χ2n) is 5.06. The molecule has 0 aliphatic rings. The summed E-state index contributed by atoms with van der Waals surface area (Å²) in [6, 6.07) is 8.32. The molecule has 0 fully saturated rings. The van der Waals surface area contributed by atoms with Gasteiger partial charge in [-0.2, -0.15) is 0 Å². The third-order valence-electron chi connectivity index (χ3n) is 3.50. The molecule has 0 saturated heterocycles. The van der Waals surface area contributed by atoms with Gasteiger partial charge in [-0.25, -0.2) is 0 Å². The molecule has 1 rings (SSSR count). The number of benzene rings is 1. The minimum absolute atomic E-state index is 0.0161. The smallest absolute Gasteiger partial charge is 0.0497 e. The minimum atomic E-state index is -0.0161. The number of hydrogen-bond acceptors (Lipinski definition) is 1. The van der Waals surface area contributed by atoms with E-state index in [1.165, 1.54) is 11.1 Å². The summed E-state index contributed by atoms with van der Waals surface area (Å²) in [6.07, 6.45) is 1.81. The predicted octanol–water partition coefficient (Wildman–Crippen LogP) is 4.02. The largest absolute Gasteiger partial charge is 0.396 e. The maximum atomic E-state index is 9.51. The van der Waals surface area contributed by atoms with E-state index in [-0.39, 0.29) is 17.9 Å². The third kappa shape index (κ3) is 4.79. The fourth-order valence-electron chi connectivity index (χ4n) is 2.20. The lowest BCUT2D eigenvalue weighted by Crippen LogP contribution is -2.20. The molecule has 0 aliphatic carbocycles. The zero-order valence-electron chi connectivity index (χ0n) is 11.1. The topological polar surface area (TPSA) is 20.2 Å². The summed E-state index contributed by atoms with van der Waals surface area (Å²) in [7, 11) is 0. The van der Waals surface area contributed by atoms with Crippen molar-refractivity contribution in [1.82, 2.24) is 0 Å². The standard InChI is InChI=1S/C15H22Cl2O/c1-11-5-3-4-6-14(11)8-13(10-18)7-12(2)15(17)9-16/h3-6,12-13,15,18H,7-10H2,1-2H3/t12-,13+,15-/m0/s1. The van der Waals surface area contributed by atoms with Gasteiger partial charge in [0.05, 0.1) is 0 Å². The first-order valence-corrected chi connectivity index (χ1v) is 7.41. The molecule has 0 saturated carbocycles. The Kier molecular flexibility index (Phi) is 7.06. The number of aryl methyl sites for hydroxylation is 1. The molecule has 0 heterocycles. The summed E-state index contributed by atoms with van der Waals surface area (Å²) < 4.78 is 0. The Hall–Kier alpha value is -0.240. The minimum Gasteiger partial charge on any atom is -0.396 e. The van der Waals surface area contributed by atoms with Crippen molar-refractivity contribution in [3.8, 4) is 0 Å². The first-order valence-electron chi connectivity index (χ1n) is 6.43. The van der Waals surface area contributed by atoms with E-state index >= 15 is 0 Å². The van der Waals surface area contributed by atoms with Gasteiger partial charge in [-0.3, -0.25) is 0 Å². The zero-order valence-corrected chi connectivity index (χ0v) is 12.6. The highest BCUT2D eigenvalue weighted by Gasteiger charge is 2.19. The fourth-order valence-corrected chi connectivity index (χ4v) is 2.61. The van der Waals surface area contributed by atoms with Gasteiger partial charge in [0.2, 0.25) is 0 Å². The second kappa shape index (κ2) is 8.04. The molecule has 1 aromatic carbocycles. The molecular formula is C15H22Cl2O. The van der Waals surface area contributed by atoms with Crippen LogP contribution in [0.1, 0.15) is 24.5 Å². The number of alkyl halides is 2. The molecular weight excluding hydrogens is 267 g/mol. The predicted molar refractivity (Wildman–Crippen MR) is 79.6 cm³/mol. The molecule has 3 heteroatoms. The molecule has 1 N–H and O–H groups in total. The zero-order chi connectivity index (χ0) is 13.5. The molecule has 1 nitrogen and oxygen atoms in total.